The van der Waals surface area contributed by atoms with Gasteiger partial charge >= 0.3 is 0 Å². The molecule has 0 N–H and O–H groups in total. The smallest absolute Gasteiger partial charge is 0.106 e. The maximum atomic E-state index is 4.60. The summed E-state index contributed by atoms with van der Waals surface area (Å²) >= 11 is 3.38. The Bertz CT molecular complexity index is 577. The van der Waals surface area contributed by atoms with Gasteiger partial charge in [0, 0.05) is 6.42 Å². The third-order valence-corrected chi connectivity index (χ3v) is 3.06. The Labute approximate surface area is 130 Å². The average molecular weight is 333 g/mol. The van der Waals surface area contributed by atoms with Crippen LogP contribution in [0.1, 0.15) is 39.0 Å². The molecule has 0 radical (unpaired) electrons. The van der Waals surface area contributed by atoms with E-state index in [1.54, 1.807) is 0 Å². The van der Waals surface area contributed by atoms with Crippen LogP contribution in [0.2, 0.25) is 0 Å². The largest absolute Gasteiger partial charge is 0.251 e. The van der Waals surface area contributed by atoms with Gasteiger partial charge in [-0.2, -0.15) is 0 Å². The molecule has 106 valence electrons. The van der Waals surface area contributed by atoms with Crippen molar-refractivity contribution in [2.45, 2.75) is 34.1 Å². The maximum Gasteiger partial charge on any atom is 0.106 e. The Kier molecular flexibility index (Phi) is 7.16. The average Bonchev–Trinajstić information content (AvgIpc) is 2.95. The number of hydrogen-bond acceptors (Lipinski definition) is 2. The van der Waals surface area contributed by atoms with Gasteiger partial charge in [-0.1, -0.05) is 52.0 Å². The van der Waals surface area contributed by atoms with Crippen molar-refractivity contribution in [1.82, 2.24) is 4.98 Å². The lowest BCUT2D eigenvalue weighted by Crippen LogP contribution is -2.03. The van der Waals surface area contributed by atoms with E-state index in [2.05, 4.69) is 32.0 Å². The quantitative estimate of drug-likeness (QED) is 0.626. The zero-order valence-electron chi connectivity index (χ0n) is 12.5. The molecule has 0 fully saturated rings. The van der Waals surface area contributed by atoms with E-state index in [-0.39, 0.29) is 0 Å². The molecule has 0 amide bonds. The molecule has 0 saturated carbocycles. The number of aliphatic imine (C=N–C) groups is 1. The fraction of sp³-hybridized carbons (Fsp3) is 0.294. The molecule has 2 heterocycles. The van der Waals surface area contributed by atoms with Gasteiger partial charge in [0.15, 0.2) is 0 Å². The molecule has 3 rings (SSSR count). The second-order valence-electron chi connectivity index (χ2n) is 3.71. The van der Waals surface area contributed by atoms with E-state index < -0.39 is 0 Å². The number of halogens is 1. The zero-order chi connectivity index (χ0) is 15.0. The highest BCUT2D eigenvalue weighted by Gasteiger charge is 2.16. The molecule has 2 nitrogen and oxygen atoms in total. The lowest BCUT2D eigenvalue weighted by atomic mass is 10.1. The Balaban J connectivity index is 0.000000461. The fourth-order valence-corrected chi connectivity index (χ4v) is 2.20. The molecule has 1 aromatic carbocycles. The summed E-state index contributed by atoms with van der Waals surface area (Å²) in [6, 6.07) is 14.1. The Morgan fingerprint density at radius 2 is 1.60 bits per heavy atom. The van der Waals surface area contributed by atoms with E-state index in [9.17, 15) is 0 Å². The molecule has 1 aromatic heterocycles. The van der Waals surface area contributed by atoms with Gasteiger partial charge in [0.05, 0.1) is 17.1 Å². The first-order chi connectivity index (χ1) is 9.83. The first-order valence-electron chi connectivity index (χ1n) is 7.11. The standard InChI is InChI=1S/C13H9BrN2.2C2H6/c14-13-7-3-6-11(16-13)12-8-9-4-1-2-5-10(9)15-12;2*1-2/h1-7H,8H2;2*1-2H3. The van der Waals surface area contributed by atoms with Gasteiger partial charge in [0.25, 0.3) is 0 Å². The number of pyridine rings is 1. The van der Waals surface area contributed by atoms with Crippen molar-refractivity contribution in [2.24, 2.45) is 4.99 Å². The third kappa shape index (κ3) is 4.01. The summed E-state index contributed by atoms with van der Waals surface area (Å²) in [7, 11) is 0. The topological polar surface area (TPSA) is 25.2 Å². The van der Waals surface area contributed by atoms with E-state index in [0.717, 1.165) is 28.1 Å². The first-order valence-corrected chi connectivity index (χ1v) is 7.90. The molecule has 0 saturated heterocycles. The van der Waals surface area contributed by atoms with Crippen LogP contribution in [0.3, 0.4) is 0 Å². The van der Waals surface area contributed by atoms with Crippen LogP contribution in [0.5, 0.6) is 0 Å². The minimum Gasteiger partial charge on any atom is -0.251 e. The van der Waals surface area contributed by atoms with Crippen LogP contribution in [0, 0.1) is 0 Å². The summed E-state index contributed by atoms with van der Waals surface area (Å²) in [5.41, 5.74) is 4.34. The summed E-state index contributed by atoms with van der Waals surface area (Å²) in [6.45, 7) is 8.00. The molecule has 1 aliphatic rings. The molecular weight excluding hydrogens is 312 g/mol. The third-order valence-electron chi connectivity index (χ3n) is 2.62. The van der Waals surface area contributed by atoms with Gasteiger partial charge in [-0.25, -0.2) is 4.98 Å². The van der Waals surface area contributed by atoms with Crippen LogP contribution >= 0.6 is 15.9 Å². The van der Waals surface area contributed by atoms with Gasteiger partial charge in [0.2, 0.25) is 0 Å². The number of nitrogens with zero attached hydrogens (tertiary/aromatic N) is 2. The van der Waals surface area contributed by atoms with Crippen LogP contribution in [-0.4, -0.2) is 10.7 Å². The minimum absolute atomic E-state index is 0.851. The maximum absolute atomic E-state index is 4.60. The zero-order valence-corrected chi connectivity index (χ0v) is 14.1. The van der Waals surface area contributed by atoms with Crippen molar-refractivity contribution in [3.05, 3.63) is 58.3 Å². The highest BCUT2D eigenvalue weighted by molar-refractivity contribution is 9.10. The van der Waals surface area contributed by atoms with Gasteiger partial charge in [-0.3, -0.25) is 4.99 Å². The highest BCUT2D eigenvalue weighted by atomic mass is 79.9. The number of aromatic nitrogens is 1. The van der Waals surface area contributed by atoms with Crippen LogP contribution in [-0.2, 0) is 6.42 Å². The van der Waals surface area contributed by atoms with Crippen LogP contribution in [0.4, 0.5) is 5.69 Å². The van der Waals surface area contributed by atoms with Gasteiger partial charge in [0.1, 0.15) is 4.60 Å². The molecule has 20 heavy (non-hydrogen) atoms. The normalized spacial score (nSPS) is 11.3. The summed E-state index contributed by atoms with van der Waals surface area (Å²) in [4.78, 5) is 9.02. The van der Waals surface area contributed by atoms with Crippen molar-refractivity contribution in [3.63, 3.8) is 0 Å². The van der Waals surface area contributed by atoms with E-state index in [0.29, 0.717) is 0 Å². The summed E-state index contributed by atoms with van der Waals surface area (Å²) in [6.07, 6.45) is 0.875. The Morgan fingerprint density at radius 3 is 2.25 bits per heavy atom. The van der Waals surface area contributed by atoms with Crippen molar-refractivity contribution in [1.29, 1.82) is 0 Å². The summed E-state index contributed by atoms with van der Waals surface area (Å²) < 4.78 is 0.851. The highest BCUT2D eigenvalue weighted by Crippen LogP contribution is 2.27. The molecule has 0 aliphatic carbocycles. The summed E-state index contributed by atoms with van der Waals surface area (Å²) in [5.74, 6) is 0. The van der Waals surface area contributed by atoms with Crippen molar-refractivity contribution < 1.29 is 0 Å². The monoisotopic (exact) mass is 332 g/mol. The van der Waals surface area contributed by atoms with Crippen molar-refractivity contribution in [3.8, 4) is 0 Å². The van der Waals surface area contributed by atoms with Crippen molar-refractivity contribution in [2.75, 3.05) is 0 Å². The molecular formula is C17H21BrN2. The SMILES string of the molecule is Brc1cccc(C2=Nc3ccccc3C2)n1.CC.CC. The Hall–Kier alpha value is -1.48. The molecule has 0 atom stereocenters. The molecule has 3 heteroatoms. The lowest BCUT2D eigenvalue weighted by Gasteiger charge is -1.99. The number of hydrogen-bond donors (Lipinski definition) is 0. The summed E-state index contributed by atoms with van der Waals surface area (Å²) in [5, 5.41) is 0. The molecule has 2 aromatic rings. The van der Waals surface area contributed by atoms with E-state index in [1.165, 1.54) is 5.56 Å². The second-order valence-corrected chi connectivity index (χ2v) is 4.52. The number of benzene rings is 1. The predicted octanol–water partition coefficient (Wildman–Crippen LogP) is 5.57. The number of fused-ring (bicyclic) bond motifs is 1. The molecule has 0 bridgehead atoms. The van der Waals surface area contributed by atoms with Gasteiger partial charge in [-0.15, -0.1) is 0 Å². The van der Waals surface area contributed by atoms with E-state index >= 15 is 0 Å². The van der Waals surface area contributed by atoms with Crippen LogP contribution < -0.4 is 0 Å². The number of para-hydroxylation sites is 1. The molecule has 0 spiro atoms. The predicted molar refractivity (Wildman–Crippen MR) is 91.0 cm³/mol. The van der Waals surface area contributed by atoms with Crippen molar-refractivity contribution >= 4 is 27.3 Å². The minimum atomic E-state index is 0.851. The van der Waals surface area contributed by atoms with Crippen LogP contribution in [0.15, 0.2) is 52.1 Å². The van der Waals surface area contributed by atoms with Gasteiger partial charge < -0.3 is 0 Å². The molecule has 1 aliphatic heterocycles. The van der Waals surface area contributed by atoms with E-state index in [4.69, 9.17) is 0 Å². The first kappa shape index (κ1) is 16.6. The second kappa shape index (κ2) is 8.64. The Morgan fingerprint density at radius 1 is 0.900 bits per heavy atom. The van der Waals surface area contributed by atoms with Gasteiger partial charge in [-0.05, 0) is 39.7 Å². The lowest BCUT2D eigenvalue weighted by molar-refractivity contribution is 1.22. The van der Waals surface area contributed by atoms with E-state index in [1.807, 2.05) is 64.1 Å². The molecule has 0 unspecified atom stereocenters. The number of rotatable bonds is 1. The van der Waals surface area contributed by atoms with Crippen LogP contribution in [0.25, 0.3) is 0 Å². The fourth-order valence-electron chi connectivity index (χ4n) is 1.85.